The van der Waals surface area contributed by atoms with Crippen molar-refractivity contribution < 1.29 is 0 Å². The molecule has 0 saturated carbocycles. The number of aromatic nitrogens is 2. The van der Waals surface area contributed by atoms with Crippen LogP contribution in [0.1, 0.15) is 88.8 Å². The highest BCUT2D eigenvalue weighted by molar-refractivity contribution is 5.23. The van der Waals surface area contributed by atoms with Crippen molar-refractivity contribution in [2.75, 3.05) is 0 Å². The summed E-state index contributed by atoms with van der Waals surface area (Å²) in [4.78, 5) is 8.02. The highest BCUT2D eigenvalue weighted by atomic mass is 14.9. The first-order valence-corrected chi connectivity index (χ1v) is 8.20. The minimum atomic E-state index is -0.107. The van der Waals surface area contributed by atoms with Gasteiger partial charge in [0.05, 0.1) is 17.7 Å². The zero-order valence-corrected chi connectivity index (χ0v) is 13.3. The fraction of sp³-hybridized carbons (Fsp3) is 0.765. The Balaban J connectivity index is 2.34. The lowest BCUT2D eigenvalue weighted by Crippen LogP contribution is -1.95. The Morgan fingerprint density at radius 1 is 1.10 bits per heavy atom. The summed E-state index contributed by atoms with van der Waals surface area (Å²) in [5.74, 6) is 0.955. The SMILES string of the molecule is CCCCCCCCCc1nc(C(C)C#N)c(CC)[nH]1. The maximum Gasteiger partial charge on any atom is 0.106 e. The molecule has 1 unspecified atom stereocenters. The van der Waals surface area contributed by atoms with Gasteiger partial charge in [0, 0.05) is 12.1 Å². The van der Waals surface area contributed by atoms with E-state index in [0.717, 1.165) is 30.1 Å². The van der Waals surface area contributed by atoms with E-state index in [-0.39, 0.29) is 5.92 Å². The largest absolute Gasteiger partial charge is 0.346 e. The number of aromatic amines is 1. The fourth-order valence-corrected chi connectivity index (χ4v) is 2.54. The molecule has 0 aliphatic heterocycles. The standard InChI is InChI=1S/C17H29N3/c1-4-6-7-8-9-10-11-12-16-19-15(5-2)17(20-16)14(3)13-18/h14H,4-12H2,1-3H3,(H,19,20). The Hall–Kier alpha value is -1.30. The minimum Gasteiger partial charge on any atom is -0.346 e. The third-order valence-electron chi connectivity index (χ3n) is 3.83. The quantitative estimate of drug-likeness (QED) is 0.618. The van der Waals surface area contributed by atoms with Gasteiger partial charge < -0.3 is 4.98 Å². The zero-order valence-electron chi connectivity index (χ0n) is 13.3. The molecule has 1 aromatic heterocycles. The lowest BCUT2D eigenvalue weighted by Gasteiger charge is -2.00. The van der Waals surface area contributed by atoms with Crippen molar-refractivity contribution in [3.63, 3.8) is 0 Å². The van der Waals surface area contributed by atoms with Gasteiger partial charge in [-0.2, -0.15) is 5.26 Å². The van der Waals surface area contributed by atoms with Gasteiger partial charge in [-0.25, -0.2) is 4.98 Å². The maximum absolute atomic E-state index is 9.03. The molecule has 0 radical (unpaired) electrons. The highest BCUT2D eigenvalue weighted by Crippen LogP contribution is 2.19. The summed E-state index contributed by atoms with van der Waals surface area (Å²) < 4.78 is 0. The van der Waals surface area contributed by atoms with Crippen LogP contribution in [0.3, 0.4) is 0 Å². The average molecular weight is 275 g/mol. The molecule has 3 heteroatoms. The van der Waals surface area contributed by atoms with E-state index < -0.39 is 0 Å². The van der Waals surface area contributed by atoms with Crippen LogP contribution in [0.25, 0.3) is 0 Å². The van der Waals surface area contributed by atoms with Crippen molar-refractivity contribution in [2.45, 2.75) is 84.5 Å². The normalized spacial score (nSPS) is 12.3. The fourth-order valence-electron chi connectivity index (χ4n) is 2.54. The van der Waals surface area contributed by atoms with Crippen LogP contribution in [-0.4, -0.2) is 9.97 Å². The summed E-state index contributed by atoms with van der Waals surface area (Å²) in [5.41, 5.74) is 2.09. The molecule has 0 aliphatic rings. The van der Waals surface area contributed by atoms with Crippen LogP contribution < -0.4 is 0 Å². The van der Waals surface area contributed by atoms with Crippen LogP contribution in [0.4, 0.5) is 0 Å². The second-order valence-electron chi connectivity index (χ2n) is 5.62. The smallest absolute Gasteiger partial charge is 0.106 e. The molecule has 0 spiro atoms. The van der Waals surface area contributed by atoms with Gasteiger partial charge in [0.1, 0.15) is 5.82 Å². The highest BCUT2D eigenvalue weighted by Gasteiger charge is 2.14. The van der Waals surface area contributed by atoms with Crippen LogP contribution in [0.5, 0.6) is 0 Å². The summed E-state index contributed by atoms with van der Waals surface area (Å²) in [7, 11) is 0. The van der Waals surface area contributed by atoms with Gasteiger partial charge in [-0.1, -0.05) is 52.4 Å². The Bertz CT molecular complexity index is 414. The summed E-state index contributed by atoms with van der Waals surface area (Å²) in [6, 6.07) is 2.28. The molecule has 3 nitrogen and oxygen atoms in total. The van der Waals surface area contributed by atoms with Crippen molar-refractivity contribution in [3.05, 3.63) is 17.2 Å². The molecule has 0 saturated heterocycles. The van der Waals surface area contributed by atoms with Crippen LogP contribution in [-0.2, 0) is 12.8 Å². The van der Waals surface area contributed by atoms with Crippen molar-refractivity contribution >= 4 is 0 Å². The molecule has 1 heterocycles. The summed E-state index contributed by atoms with van der Waals surface area (Å²) in [5, 5.41) is 9.03. The van der Waals surface area contributed by atoms with E-state index >= 15 is 0 Å². The third kappa shape index (κ3) is 5.36. The number of rotatable bonds is 10. The Kier molecular flexibility index (Phi) is 8.02. The van der Waals surface area contributed by atoms with Crippen molar-refractivity contribution in [1.82, 2.24) is 9.97 Å². The van der Waals surface area contributed by atoms with Gasteiger partial charge in [-0.3, -0.25) is 0 Å². The molecular weight excluding hydrogens is 246 g/mol. The third-order valence-corrected chi connectivity index (χ3v) is 3.83. The van der Waals surface area contributed by atoms with Crippen LogP contribution >= 0.6 is 0 Å². The number of imidazole rings is 1. The number of unbranched alkanes of at least 4 members (excludes halogenated alkanes) is 6. The molecule has 1 N–H and O–H groups in total. The van der Waals surface area contributed by atoms with Gasteiger partial charge in [0.25, 0.3) is 0 Å². The molecule has 1 aromatic rings. The predicted molar refractivity (Wildman–Crippen MR) is 83.7 cm³/mol. The van der Waals surface area contributed by atoms with Crippen LogP contribution in [0.15, 0.2) is 0 Å². The summed E-state index contributed by atoms with van der Waals surface area (Å²) >= 11 is 0. The van der Waals surface area contributed by atoms with Crippen molar-refractivity contribution in [3.8, 4) is 6.07 Å². The van der Waals surface area contributed by atoms with E-state index in [1.807, 2.05) is 6.92 Å². The lowest BCUT2D eigenvalue weighted by atomic mass is 10.1. The molecule has 0 aromatic carbocycles. The number of aryl methyl sites for hydroxylation is 2. The second kappa shape index (κ2) is 9.58. The van der Waals surface area contributed by atoms with Gasteiger partial charge in [-0.05, 0) is 19.8 Å². The summed E-state index contributed by atoms with van der Waals surface area (Å²) in [6.07, 6.45) is 11.2. The van der Waals surface area contributed by atoms with E-state index in [1.54, 1.807) is 0 Å². The number of nitrogens with zero attached hydrogens (tertiary/aromatic N) is 2. The molecule has 0 bridgehead atoms. The Morgan fingerprint density at radius 3 is 2.35 bits per heavy atom. The van der Waals surface area contributed by atoms with E-state index in [1.165, 1.54) is 44.9 Å². The first kappa shape index (κ1) is 16.8. The van der Waals surface area contributed by atoms with Crippen LogP contribution in [0.2, 0.25) is 0 Å². The zero-order chi connectivity index (χ0) is 14.8. The first-order chi connectivity index (χ1) is 9.72. The van der Waals surface area contributed by atoms with E-state index in [9.17, 15) is 0 Å². The van der Waals surface area contributed by atoms with Gasteiger partial charge in [0.15, 0.2) is 0 Å². The first-order valence-electron chi connectivity index (χ1n) is 8.20. The molecule has 1 rings (SSSR count). The average Bonchev–Trinajstić information content (AvgIpc) is 2.88. The Labute approximate surface area is 123 Å². The van der Waals surface area contributed by atoms with E-state index in [2.05, 4.69) is 29.9 Å². The molecule has 112 valence electrons. The maximum atomic E-state index is 9.03. The molecular formula is C17H29N3. The van der Waals surface area contributed by atoms with Gasteiger partial charge in [-0.15, -0.1) is 0 Å². The molecule has 0 aliphatic carbocycles. The molecule has 1 atom stereocenters. The topological polar surface area (TPSA) is 52.5 Å². The monoisotopic (exact) mass is 275 g/mol. The number of nitrogens with one attached hydrogen (secondary N) is 1. The van der Waals surface area contributed by atoms with Crippen LogP contribution in [0, 0.1) is 11.3 Å². The predicted octanol–water partition coefficient (Wildman–Crippen LogP) is 4.89. The minimum absolute atomic E-state index is 0.107. The molecule has 0 fully saturated rings. The van der Waals surface area contributed by atoms with E-state index in [0.29, 0.717) is 0 Å². The summed E-state index contributed by atoms with van der Waals surface area (Å²) in [6.45, 7) is 6.29. The van der Waals surface area contributed by atoms with Gasteiger partial charge >= 0.3 is 0 Å². The van der Waals surface area contributed by atoms with Gasteiger partial charge in [0.2, 0.25) is 0 Å². The number of H-pyrrole nitrogens is 1. The van der Waals surface area contributed by atoms with Crippen molar-refractivity contribution in [2.24, 2.45) is 0 Å². The Morgan fingerprint density at radius 2 is 1.75 bits per heavy atom. The second-order valence-corrected chi connectivity index (χ2v) is 5.62. The number of nitriles is 1. The molecule has 0 amide bonds. The van der Waals surface area contributed by atoms with E-state index in [4.69, 9.17) is 5.26 Å². The lowest BCUT2D eigenvalue weighted by molar-refractivity contribution is 0.585. The number of hydrogen-bond donors (Lipinski definition) is 1. The van der Waals surface area contributed by atoms with Crippen molar-refractivity contribution in [1.29, 1.82) is 5.26 Å². The number of hydrogen-bond acceptors (Lipinski definition) is 2. The molecule has 20 heavy (non-hydrogen) atoms.